The minimum absolute atomic E-state index is 0.0349. The van der Waals surface area contributed by atoms with E-state index in [0.717, 1.165) is 6.07 Å². The van der Waals surface area contributed by atoms with E-state index in [4.69, 9.17) is 16.3 Å². The Kier molecular flexibility index (Phi) is 9.24. The van der Waals surface area contributed by atoms with Crippen LogP contribution in [0.3, 0.4) is 0 Å². The number of Topliss-reactive ketones (excluding diaryl/α,β-unsaturated/α-hetero) is 1. The molecule has 10 nitrogen and oxygen atoms in total. The van der Waals surface area contributed by atoms with Gasteiger partial charge in [0.15, 0.2) is 33.1 Å². The number of amides is 2. The number of ketones is 1. The van der Waals surface area contributed by atoms with Gasteiger partial charge in [0.05, 0.1) is 34.0 Å². The molecule has 2 bridgehead atoms. The van der Waals surface area contributed by atoms with Crippen LogP contribution in [0.2, 0.25) is 5.02 Å². The zero-order chi connectivity index (χ0) is 32.8. The zero-order valence-electron chi connectivity index (χ0n) is 24.1. The van der Waals surface area contributed by atoms with Crippen molar-refractivity contribution in [1.82, 2.24) is 4.90 Å². The van der Waals surface area contributed by atoms with E-state index >= 15 is 0 Å². The Morgan fingerprint density at radius 1 is 1.07 bits per heavy atom. The van der Waals surface area contributed by atoms with Crippen molar-refractivity contribution in [3.8, 4) is 0 Å². The quantitative estimate of drug-likeness (QED) is 0.352. The molecule has 0 aromatic heterocycles. The summed E-state index contributed by atoms with van der Waals surface area (Å²) in [5.74, 6) is -6.97. The molecule has 3 aliphatic rings. The van der Waals surface area contributed by atoms with E-state index in [0.29, 0.717) is 25.0 Å². The Morgan fingerprint density at radius 3 is 2.29 bits per heavy atom. The Labute approximate surface area is 262 Å². The molecule has 0 spiro atoms. The number of halogens is 4. The number of hydrogen-bond donors (Lipinski definition) is 3. The van der Waals surface area contributed by atoms with E-state index < -0.39 is 79.9 Å². The van der Waals surface area contributed by atoms with Gasteiger partial charge < -0.3 is 20.3 Å². The highest BCUT2D eigenvalue weighted by Crippen LogP contribution is 2.54. The van der Waals surface area contributed by atoms with Crippen LogP contribution in [0.25, 0.3) is 0 Å². The molecule has 244 valence electrons. The van der Waals surface area contributed by atoms with Crippen LogP contribution in [-0.4, -0.2) is 78.0 Å². The maximum Gasteiger partial charge on any atom is 0.410 e. The summed E-state index contributed by atoms with van der Waals surface area (Å²) in [6.07, 6.45) is -0.443. The molecule has 3 N–H and O–H groups in total. The lowest BCUT2D eigenvalue weighted by Gasteiger charge is -2.43. The second kappa shape index (κ2) is 12.5. The standard InChI is InChI=1S/C30H32ClF3N2O8S/c1-44-29(40)36-9-7-24(38)27(36)23(37)6-8-30(41)16-3-4-17(30)12-19(11-16)45(42,43)25-10-15(2-5-20(25)31)28(39)35-18-13-21(32)26(34)22(33)14-18/h2,5,10,13-14,16-17,19,24,27,38,41H,3-4,6-9,11-12H2,1H3,(H,35,39)/t16-,17?,19?,24-,27+,30?/m0/s1. The smallest absolute Gasteiger partial charge is 0.410 e. The van der Waals surface area contributed by atoms with Crippen LogP contribution in [-0.2, 0) is 19.4 Å². The van der Waals surface area contributed by atoms with E-state index in [9.17, 15) is 46.2 Å². The molecule has 45 heavy (non-hydrogen) atoms. The number of likely N-dealkylation sites (tertiary alicyclic amines) is 1. The fourth-order valence-corrected chi connectivity index (χ4v) is 9.50. The highest BCUT2D eigenvalue weighted by molar-refractivity contribution is 7.92. The van der Waals surface area contributed by atoms with E-state index in [1.165, 1.54) is 24.1 Å². The third-order valence-corrected chi connectivity index (χ3v) is 12.1. The lowest BCUT2D eigenvalue weighted by atomic mass is 9.71. The predicted octanol–water partition coefficient (Wildman–Crippen LogP) is 4.25. The van der Waals surface area contributed by atoms with Crippen molar-refractivity contribution < 1.29 is 50.9 Å². The van der Waals surface area contributed by atoms with E-state index in [1.807, 2.05) is 0 Å². The van der Waals surface area contributed by atoms with Crippen LogP contribution in [0.15, 0.2) is 35.2 Å². The number of nitrogens with zero attached hydrogens (tertiary/aromatic N) is 1. The summed E-state index contributed by atoms with van der Waals surface area (Å²) < 4.78 is 72.9. The molecular weight excluding hydrogens is 641 g/mol. The summed E-state index contributed by atoms with van der Waals surface area (Å²) >= 11 is 6.28. The summed E-state index contributed by atoms with van der Waals surface area (Å²) in [5, 5.41) is 23.1. The second-order valence-electron chi connectivity index (χ2n) is 11.9. The number of nitrogens with one attached hydrogen (secondary N) is 1. The van der Waals surface area contributed by atoms with Crippen LogP contribution in [0, 0.1) is 29.3 Å². The lowest BCUT2D eigenvalue weighted by Crippen LogP contribution is -2.50. The number of rotatable bonds is 8. The largest absolute Gasteiger partial charge is 0.453 e. The third-order valence-electron chi connectivity index (χ3n) is 9.43. The van der Waals surface area contributed by atoms with Gasteiger partial charge in [-0.1, -0.05) is 11.6 Å². The van der Waals surface area contributed by atoms with Crippen molar-refractivity contribution in [3.63, 3.8) is 0 Å². The summed E-state index contributed by atoms with van der Waals surface area (Å²) in [6, 6.07) is 3.59. The first-order valence-electron chi connectivity index (χ1n) is 14.4. The number of aliphatic hydroxyl groups is 2. The first-order chi connectivity index (χ1) is 21.2. The molecule has 2 aromatic rings. The molecule has 15 heteroatoms. The van der Waals surface area contributed by atoms with Crippen LogP contribution in [0.4, 0.5) is 23.7 Å². The normalized spacial score (nSPS) is 27.8. The maximum absolute atomic E-state index is 13.8. The van der Waals surface area contributed by atoms with Gasteiger partial charge in [0.2, 0.25) is 0 Å². The van der Waals surface area contributed by atoms with Gasteiger partial charge in [0.25, 0.3) is 5.91 Å². The van der Waals surface area contributed by atoms with Gasteiger partial charge in [-0.25, -0.2) is 26.4 Å². The van der Waals surface area contributed by atoms with Gasteiger partial charge in [-0.3, -0.25) is 14.5 Å². The topological polar surface area (TPSA) is 150 Å². The molecule has 3 fully saturated rings. The minimum Gasteiger partial charge on any atom is -0.453 e. The minimum atomic E-state index is -4.14. The van der Waals surface area contributed by atoms with E-state index in [1.54, 1.807) is 0 Å². The van der Waals surface area contributed by atoms with Gasteiger partial charge in [-0.05, 0) is 68.6 Å². The monoisotopic (exact) mass is 672 g/mol. The number of anilines is 1. The number of methoxy groups -OCH3 is 1. The molecule has 1 aliphatic heterocycles. The number of ether oxygens (including phenoxy) is 1. The number of aliphatic hydroxyl groups excluding tert-OH is 1. The number of carbonyl (C=O) groups is 3. The zero-order valence-corrected chi connectivity index (χ0v) is 25.7. The molecule has 2 aromatic carbocycles. The Bertz CT molecular complexity index is 1600. The van der Waals surface area contributed by atoms with Crippen molar-refractivity contribution in [2.24, 2.45) is 11.8 Å². The van der Waals surface area contributed by atoms with Crippen molar-refractivity contribution in [3.05, 3.63) is 58.4 Å². The van der Waals surface area contributed by atoms with Crippen molar-refractivity contribution in [2.75, 3.05) is 19.0 Å². The summed E-state index contributed by atoms with van der Waals surface area (Å²) in [5.41, 5.74) is -1.88. The summed E-state index contributed by atoms with van der Waals surface area (Å²) in [6.45, 7) is 0.161. The summed E-state index contributed by atoms with van der Waals surface area (Å²) in [7, 11) is -2.96. The number of carbonyl (C=O) groups excluding carboxylic acids is 3. The van der Waals surface area contributed by atoms with Gasteiger partial charge in [0, 0.05) is 36.3 Å². The van der Waals surface area contributed by atoms with Gasteiger partial charge in [-0.2, -0.15) is 0 Å². The highest BCUT2D eigenvalue weighted by Gasteiger charge is 2.56. The first kappa shape index (κ1) is 33.2. The molecule has 2 saturated carbocycles. The number of benzene rings is 2. The Morgan fingerprint density at radius 2 is 1.69 bits per heavy atom. The highest BCUT2D eigenvalue weighted by atomic mass is 35.5. The fourth-order valence-electron chi connectivity index (χ4n) is 7.10. The molecule has 1 saturated heterocycles. The van der Waals surface area contributed by atoms with Crippen molar-refractivity contribution >= 4 is 44.9 Å². The molecular formula is C30H32ClF3N2O8S. The molecule has 2 aliphatic carbocycles. The van der Waals surface area contributed by atoms with Crippen LogP contribution < -0.4 is 5.32 Å². The first-order valence-corrected chi connectivity index (χ1v) is 16.4. The lowest BCUT2D eigenvalue weighted by molar-refractivity contribution is -0.128. The molecule has 5 rings (SSSR count). The molecule has 0 radical (unpaired) electrons. The average molecular weight is 673 g/mol. The van der Waals surface area contributed by atoms with E-state index in [-0.39, 0.29) is 59.8 Å². The molecule has 3 unspecified atom stereocenters. The van der Waals surface area contributed by atoms with Crippen molar-refractivity contribution in [1.29, 1.82) is 0 Å². The number of fused-ring (bicyclic) bond motifs is 2. The Balaban J connectivity index is 1.29. The molecule has 2 amide bonds. The Hall–Kier alpha value is -3.20. The summed E-state index contributed by atoms with van der Waals surface area (Å²) in [4.78, 5) is 38.8. The van der Waals surface area contributed by atoms with Gasteiger partial charge >= 0.3 is 6.09 Å². The van der Waals surface area contributed by atoms with Crippen LogP contribution in [0.1, 0.15) is 55.3 Å². The SMILES string of the molecule is COC(=O)N1CC[C@H](O)[C@H]1C(=O)CCC1(O)C2CC[C@H]1CC(S(=O)(=O)c1cc(C(=O)Nc3cc(F)c(F)c(F)c3)ccc1Cl)C2. The van der Waals surface area contributed by atoms with Gasteiger partial charge in [0.1, 0.15) is 6.04 Å². The van der Waals surface area contributed by atoms with Crippen LogP contribution in [0.5, 0.6) is 0 Å². The van der Waals surface area contributed by atoms with E-state index in [2.05, 4.69) is 5.32 Å². The van der Waals surface area contributed by atoms with Crippen LogP contribution >= 0.6 is 11.6 Å². The van der Waals surface area contributed by atoms with Crippen molar-refractivity contribution in [2.45, 2.75) is 72.8 Å². The fraction of sp³-hybridized carbons (Fsp3) is 0.500. The third kappa shape index (κ3) is 6.17. The van der Waals surface area contributed by atoms with Gasteiger partial charge in [-0.15, -0.1) is 0 Å². The average Bonchev–Trinajstić information content (AvgIpc) is 3.41. The molecule has 6 atom stereocenters. The maximum atomic E-state index is 13.8. The molecule has 1 heterocycles. The number of sulfone groups is 1. The predicted molar refractivity (Wildman–Crippen MR) is 155 cm³/mol. The second-order valence-corrected chi connectivity index (χ2v) is 14.5. The number of hydrogen-bond acceptors (Lipinski definition) is 8.